The van der Waals surface area contributed by atoms with Gasteiger partial charge in [0.05, 0.1) is 22.6 Å². The molecule has 3 nitrogen and oxygen atoms in total. The van der Waals surface area contributed by atoms with Crippen LogP contribution < -0.4 is 0 Å². The molecule has 112 valence electrons. The van der Waals surface area contributed by atoms with Gasteiger partial charge >= 0.3 is 0 Å². The first-order chi connectivity index (χ1) is 10.7. The average Bonchev–Trinajstić information content (AvgIpc) is 2.93. The van der Waals surface area contributed by atoms with Crippen LogP contribution in [0.25, 0.3) is 11.0 Å². The van der Waals surface area contributed by atoms with E-state index >= 15 is 0 Å². The molecule has 0 fully saturated rings. The molecule has 0 amide bonds. The van der Waals surface area contributed by atoms with E-state index in [1.165, 1.54) is 5.56 Å². The van der Waals surface area contributed by atoms with E-state index in [0.717, 1.165) is 41.5 Å². The molecule has 4 heteroatoms. The normalized spacial score (nSPS) is 16.6. The Morgan fingerprint density at radius 3 is 2.68 bits per heavy atom. The number of fused-ring (bicyclic) bond motifs is 3. The van der Waals surface area contributed by atoms with Crippen LogP contribution in [0.2, 0.25) is 5.02 Å². The molecular weight excluding hydrogens is 294 g/mol. The van der Waals surface area contributed by atoms with Gasteiger partial charge in [0, 0.05) is 19.1 Å². The zero-order valence-electron chi connectivity index (χ0n) is 12.5. The van der Waals surface area contributed by atoms with Gasteiger partial charge in [-0.3, -0.25) is 4.90 Å². The molecule has 1 aromatic heterocycles. The topological polar surface area (TPSA) is 21.1 Å². The van der Waals surface area contributed by atoms with Crippen LogP contribution in [0.15, 0.2) is 48.5 Å². The Kier molecular flexibility index (Phi) is 3.40. The Hall–Kier alpha value is -1.84. The van der Waals surface area contributed by atoms with Crippen LogP contribution in [-0.2, 0) is 13.1 Å². The number of imidazole rings is 1. The fourth-order valence-corrected chi connectivity index (χ4v) is 3.59. The third kappa shape index (κ3) is 2.21. The first-order valence-corrected chi connectivity index (χ1v) is 8.04. The van der Waals surface area contributed by atoms with Crippen LogP contribution >= 0.6 is 11.6 Å². The van der Waals surface area contributed by atoms with Gasteiger partial charge in [0.2, 0.25) is 0 Å². The zero-order valence-corrected chi connectivity index (χ0v) is 13.3. The Morgan fingerprint density at radius 1 is 1.05 bits per heavy atom. The zero-order chi connectivity index (χ0) is 15.1. The minimum atomic E-state index is 0.394. The van der Waals surface area contributed by atoms with Crippen LogP contribution in [0.1, 0.15) is 24.4 Å². The summed E-state index contributed by atoms with van der Waals surface area (Å²) in [5, 5.41) is 0.792. The monoisotopic (exact) mass is 311 g/mol. The molecule has 0 saturated heterocycles. The molecule has 1 aliphatic heterocycles. The second-order valence-electron chi connectivity index (χ2n) is 5.84. The number of hydrogen-bond acceptors (Lipinski definition) is 2. The van der Waals surface area contributed by atoms with E-state index in [1.54, 1.807) is 0 Å². The van der Waals surface area contributed by atoms with E-state index in [9.17, 15) is 0 Å². The van der Waals surface area contributed by atoms with E-state index in [4.69, 9.17) is 16.6 Å². The molecule has 22 heavy (non-hydrogen) atoms. The quantitative estimate of drug-likeness (QED) is 0.705. The lowest BCUT2D eigenvalue weighted by Crippen LogP contribution is -2.35. The number of para-hydroxylation sites is 1. The van der Waals surface area contributed by atoms with Crippen molar-refractivity contribution in [2.75, 3.05) is 6.54 Å². The van der Waals surface area contributed by atoms with Gasteiger partial charge in [0.15, 0.2) is 0 Å². The van der Waals surface area contributed by atoms with Crippen molar-refractivity contribution in [3.05, 3.63) is 64.9 Å². The van der Waals surface area contributed by atoms with E-state index in [-0.39, 0.29) is 0 Å². The Bertz CT molecular complexity index is 810. The van der Waals surface area contributed by atoms with Crippen LogP contribution in [0, 0.1) is 0 Å². The minimum Gasteiger partial charge on any atom is -0.324 e. The van der Waals surface area contributed by atoms with Crippen molar-refractivity contribution in [2.24, 2.45) is 0 Å². The smallest absolute Gasteiger partial charge is 0.124 e. The lowest BCUT2D eigenvalue weighted by molar-refractivity contribution is 0.165. The molecular formula is C18H18ClN3. The van der Waals surface area contributed by atoms with Crippen molar-refractivity contribution in [3.63, 3.8) is 0 Å². The Labute approximate surface area is 135 Å². The average molecular weight is 312 g/mol. The summed E-state index contributed by atoms with van der Waals surface area (Å²) in [6.45, 7) is 5.08. The number of benzene rings is 2. The molecule has 1 unspecified atom stereocenters. The fraction of sp³-hybridized carbons (Fsp3) is 0.278. The van der Waals surface area contributed by atoms with Crippen molar-refractivity contribution in [1.82, 2.24) is 14.5 Å². The molecule has 0 spiro atoms. The molecule has 1 atom stereocenters. The molecule has 0 bridgehead atoms. The van der Waals surface area contributed by atoms with Gasteiger partial charge in [0.25, 0.3) is 0 Å². The molecule has 3 aromatic rings. The lowest BCUT2D eigenvalue weighted by Gasteiger charge is -2.33. The summed E-state index contributed by atoms with van der Waals surface area (Å²) in [5.41, 5.74) is 3.42. The molecule has 4 rings (SSSR count). The number of aromatic nitrogens is 2. The molecule has 1 aliphatic rings. The van der Waals surface area contributed by atoms with Gasteiger partial charge in [0.1, 0.15) is 5.82 Å². The number of rotatable bonds is 2. The molecule has 2 heterocycles. The van der Waals surface area contributed by atoms with Crippen molar-refractivity contribution < 1.29 is 0 Å². The number of hydrogen-bond donors (Lipinski definition) is 0. The maximum absolute atomic E-state index is 6.36. The van der Waals surface area contributed by atoms with E-state index in [0.29, 0.717) is 6.04 Å². The molecule has 0 radical (unpaired) electrons. The summed E-state index contributed by atoms with van der Waals surface area (Å²) in [6.07, 6.45) is 0. The van der Waals surface area contributed by atoms with Crippen molar-refractivity contribution in [2.45, 2.75) is 26.1 Å². The van der Waals surface area contributed by atoms with E-state index < -0.39 is 0 Å². The van der Waals surface area contributed by atoms with Gasteiger partial charge in [-0.1, -0.05) is 48.0 Å². The molecule has 0 saturated carbocycles. The van der Waals surface area contributed by atoms with Crippen molar-refractivity contribution >= 4 is 22.6 Å². The summed E-state index contributed by atoms with van der Waals surface area (Å²) in [7, 11) is 0. The predicted octanol–water partition coefficient (Wildman–Crippen LogP) is 4.27. The number of nitrogens with zero attached hydrogens (tertiary/aromatic N) is 3. The summed E-state index contributed by atoms with van der Waals surface area (Å²) >= 11 is 6.36. The van der Waals surface area contributed by atoms with Crippen LogP contribution in [0.5, 0.6) is 0 Å². The second kappa shape index (κ2) is 5.41. The maximum atomic E-state index is 6.36. The lowest BCUT2D eigenvalue weighted by atomic mass is 10.1. The first kappa shape index (κ1) is 13.8. The van der Waals surface area contributed by atoms with Gasteiger partial charge in [-0.05, 0) is 24.6 Å². The highest BCUT2D eigenvalue weighted by molar-refractivity contribution is 6.35. The van der Waals surface area contributed by atoms with E-state index in [1.807, 2.05) is 18.2 Å². The van der Waals surface area contributed by atoms with Crippen LogP contribution in [0.3, 0.4) is 0 Å². The number of halogens is 1. The van der Waals surface area contributed by atoms with Gasteiger partial charge in [-0.25, -0.2) is 4.98 Å². The summed E-state index contributed by atoms with van der Waals surface area (Å²) in [5.74, 6) is 1.11. The van der Waals surface area contributed by atoms with Crippen molar-refractivity contribution in [1.29, 1.82) is 0 Å². The largest absolute Gasteiger partial charge is 0.324 e. The first-order valence-electron chi connectivity index (χ1n) is 7.66. The SMILES string of the molecule is CC(c1ccccc1)N1CCn2c(nc3cccc(Cl)c32)C1. The molecule has 0 N–H and O–H groups in total. The Morgan fingerprint density at radius 2 is 1.86 bits per heavy atom. The van der Waals surface area contributed by atoms with Crippen LogP contribution in [0.4, 0.5) is 0 Å². The highest BCUT2D eigenvalue weighted by Crippen LogP contribution is 2.30. The molecule has 0 aliphatic carbocycles. The highest BCUT2D eigenvalue weighted by atomic mass is 35.5. The second-order valence-corrected chi connectivity index (χ2v) is 6.25. The maximum Gasteiger partial charge on any atom is 0.124 e. The Balaban J connectivity index is 1.67. The fourth-order valence-electron chi connectivity index (χ4n) is 3.31. The van der Waals surface area contributed by atoms with Crippen molar-refractivity contribution in [3.8, 4) is 0 Å². The van der Waals surface area contributed by atoms with Gasteiger partial charge < -0.3 is 4.57 Å². The third-order valence-electron chi connectivity index (χ3n) is 4.58. The highest BCUT2D eigenvalue weighted by Gasteiger charge is 2.24. The minimum absolute atomic E-state index is 0.394. The van der Waals surface area contributed by atoms with E-state index in [2.05, 4.69) is 46.7 Å². The summed E-state index contributed by atoms with van der Waals surface area (Å²) < 4.78 is 2.27. The summed E-state index contributed by atoms with van der Waals surface area (Å²) in [4.78, 5) is 7.25. The standard InChI is InChI=1S/C18H18ClN3/c1-13(14-6-3-2-4-7-14)21-10-11-22-17(12-21)20-16-9-5-8-15(19)18(16)22/h2-9,13H,10-12H2,1H3. The van der Waals surface area contributed by atoms with Gasteiger partial charge in [-0.15, -0.1) is 0 Å². The predicted molar refractivity (Wildman–Crippen MR) is 90.0 cm³/mol. The van der Waals surface area contributed by atoms with Gasteiger partial charge in [-0.2, -0.15) is 0 Å². The molecule has 2 aromatic carbocycles. The van der Waals surface area contributed by atoms with Crippen LogP contribution in [-0.4, -0.2) is 21.0 Å². The third-order valence-corrected chi connectivity index (χ3v) is 4.89. The summed E-state index contributed by atoms with van der Waals surface area (Å²) in [6, 6.07) is 17.0.